The van der Waals surface area contributed by atoms with E-state index < -0.39 is 0 Å². The molecule has 0 spiro atoms. The van der Waals surface area contributed by atoms with E-state index in [9.17, 15) is 4.39 Å². The van der Waals surface area contributed by atoms with E-state index in [1.165, 1.54) is 13.2 Å². The molecular formula is C11H16FNO2. The number of hydrogen-bond acceptors (Lipinski definition) is 3. The van der Waals surface area contributed by atoms with Gasteiger partial charge in [0.25, 0.3) is 0 Å². The second-order valence-corrected chi connectivity index (χ2v) is 3.23. The number of nitrogens with one attached hydrogen (secondary N) is 1. The largest absolute Gasteiger partial charge is 0.493 e. The van der Waals surface area contributed by atoms with Gasteiger partial charge in [0.1, 0.15) is 0 Å². The topological polar surface area (TPSA) is 30.5 Å². The van der Waals surface area contributed by atoms with E-state index in [1.54, 1.807) is 14.2 Å². The standard InChI is InChI=1S/C11H16FNO2/c1-13-6-9-4-8(7-14-2)5-10(12)11(9)15-3/h4-5,13H,6-7H2,1-3H3. The average molecular weight is 213 g/mol. The van der Waals surface area contributed by atoms with Crippen LogP contribution in [0.15, 0.2) is 12.1 Å². The van der Waals surface area contributed by atoms with Crippen LogP contribution < -0.4 is 10.1 Å². The monoisotopic (exact) mass is 213 g/mol. The molecule has 1 aromatic carbocycles. The molecular weight excluding hydrogens is 197 g/mol. The highest BCUT2D eigenvalue weighted by atomic mass is 19.1. The van der Waals surface area contributed by atoms with Crippen LogP contribution in [0.25, 0.3) is 0 Å². The smallest absolute Gasteiger partial charge is 0.165 e. The van der Waals surface area contributed by atoms with Gasteiger partial charge in [-0.05, 0) is 24.7 Å². The van der Waals surface area contributed by atoms with Crippen molar-refractivity contribution >= 4 is 0 Å². The Hall–Kier alpha value is -1.13. The molecule has 0 saturated heterocycles. The van der Waals surface area contributed by atoms with Crippen LogP contribution in [-0.2, 0) is 17.9 Å². The van der Waals surface area contributed by atoms with Crippen LogP contribution in [0.1, 0.15) is 11.1 Å². The number of benzene rings is 1. The van der Waals surface area contributed by atoms with Crippen LogP contribution in [0.4, 0.5) is 4.39 Å². The van der Waals surface area contributed by atoms with Gasteiger partial charge >= 0.3 is 0 Å². The van der Waals surface area contributed by atoms with Crippen LogP contribution in [-0.4, -0.2) is 21.3 Å². The van der Waals surface area contributed by atoms with E-state index in [2.05, 4.69) is 5.32 Å². The van der Waals surface area contributed by atoms with Gasteiger partial charge in [0.15, 0.2) is 11.6 Å². The third-order valence-corrected chi connectivity index (χ3v) is 2.06. The quantitative estimate of drug-likeness (QED) is 0.807. The minimum absolute atomic E-state index is 0.296. The first-order chi connectivity index (χ1) is 7.22. The van der Waals surface area contributed by atoms with E-state index in [0.717, 1.165) is 11.1 Å². The highest BCUT2D eigenvalue weighted by molar-refractivity contribution is 5.38. The fourth-order valence-corrected chi connectivity index (χ4v) is 1.51. The van der Waals surface area contributed by atoms with Crippen molar-refractivity contribution in [1.82, 2.24) is 5.32 Å². The molecule has 0 saturated carbocycles. The van der Waals surface area contributed by atoms with Crippen molar-refractivity contribution in [2.45, 2.75) is 13.2 Å². The Kier molecular flexibility index (Phi) is 4.52. The minimum Gasteiger partial charge on any atom is -0.493 e. The predicted octanol–water partition coefficient (Wildman–Crippen LogP) is 1.70. The van der Waals surface area contributed by atoms with Crippen LogP contribution in [0, 0.1) is 5.82 Å². The molecule has 15 heavy (non-hydrogen) atoms. The van der Waals surface area contributed by atoms with Gasteiger partial charge in [0.2, 0.25) is 0 Å². The van der Waals surface area contributed by atoms with Gasteiger partial charge in [0.05, 0.1) is 13.7 Å². The molecule has 0 bridgehead atoms. The Morgan fingerprint density at radius 3 is 2.60 bits per heavy atom. The molecule has 0 atom stereocenters. The molecule has 4 heteroatoms. The highest BCUT2D eigenvalue weighted by Crippen LogP contribution is 2.24. The van der Waals surface area contributed by atoms with Gasteiger partial charge < -0.3 is 14.8 Å². The second-order valence-electron chi connectivity index (χ2n) is 3.23. The highest BCUT2D eigenvalue weighted by Gasteiger charge is 2.10. The summed E-state index contributed by atoms with van der Waals surface area (Å²) in [6.45, 7) is 0.968. The maximum atomic E-state index is 13.5. The molecule has 0 aromatic heterocycles. The third kappa shape index (κ3) is 2.91. The van der Waals surface area contributed by atoms with E-state index in [-0.39, 0.29) is 5.82 Å². The fourth-order valence-electron chi connectivity index (χ4n) is 1.51. The molecule has 0 aliphatic carbocycles. The Morgan fingerprint density at radius 1 is 1.33 bits per heavy atom. The summed E-state index contributed by atoms with van der Waals surface area (Å²) in [4.78, 5) is 0. The van der Waals surface area contributed by atoms with E-state index in [0.29, 0.717) is 18.9 Å². The molecule has 1 N–H and O–H groups in total. The molecule has 0 fully saturated rings. The molecule has 0 aliphatic rings. The molecule has 0 amide bonds. The Labute approximate surface area is 89.2 Å². The Bertz CT molecular complexity index is 329. The number of methoxy groups -OCH3 is 2. The Balaban J connectivity index is 3.07. The molecule has 0 heterocycles. The van der Waals surface area contributed by atoms with Gasteiger partial charge in [-0.25, -0.2) is 4.39 Å². The summed E-state index contributed by atoms with van der Waals surface area (Å²) in [7, 11) is 4.85. The summed E-state index contributed by atoms with van der Waals surface area (Å²) in [6, 6.07) is 3.31. The zero-order chi connectivity index (χ0) is 11.3. The lowest BCUT2D eigenvalue weighted by atomic mass is 10.1. The van der Waals surface area contributed by atoms with Gasteiger partial charge in [-0.2, -0.15) is 0 Å². The maximum absolute atomic E-state index is 13.5. The third-order valence-electron chi connectivity index (χ3n) is 2.06. The van der Waals surface area contributed by atoms with Crippen LogP contribution >= 0.6 is 0 Å². The van der Waals surface area contributed by atoms with E-state index in [4.69, 9.17) is 9.47 Å². The zero-order valence-electron chi connectivity index (χ0n) is 9.26. The Morgan fingerprint density at radius 2 is 2.07 bits per heavy atom. The molecule has 0 unspecified atom stereocenters. The molecule has 3 nitrogen and oxygen atoms in total. The van der Waals surface area contributed by atoms with Crippen molar-refractivity contribution in [3.63, 3.8) is 0 Å². The van der Waals surface area contributed by atoms with Crippen molar-refractivity contribution in [3.8, 4) is 5.75 Å². The summed E-state index contributed by atoms with van der Waals surface area (Å²) in [5.74, 6) is -0.0542. The lowest BCUT2D eigenvalue weighted by Gasteiger charge is -2.11. The van der Waals surface area contributed by atoms with Gasteiger partial charge in [0, 0.05) is 19.2 Å². The molecule has 0 aliphatic heterocycles. The van der Waals surface area contributed by atoms with Crippen molar-refractivity contribution in [2.75, 3.05) is 21.3 Å². The lowest BCUT2D eigenvalue weighted by Crippen LogP contribution is -2.08. The van der Waals surface area contributed by atoms with Gasteiger partial charge in [-0.3, -0.25) is 0 Å². The molecule has 1 aromatic rings. The van der Waals surface area contributed by atoms with Crippen molar-refractivity contribution in [2.24, 2.45) is 0 Å². The van der Waals surface area contributed by atoms with Crippen molar-refractivity contribution < 1.29 is 13.9 Å². The average Bonchev–Trinajstić information content (AvgIpc) is 2.18. The summed E-state index contributed by atoms with van der Waals surface area (Å²) >= 11 is 0. The fraction of sp³-hybridized carbons (Fsp3) is 0.455. The van der Waals surface area contributed by atoms with E-state index >= 15 is 0 Å². The number of rotatable bonds is 5. The van der Waals surface area contributed by atoms with Crippen LogP contribution in [0.5, 0.6) is 5.75 Å². The molecule has 84 valence electrons. The maximum Gasteiger partial charge on any atom is 0.165 e. The van der Waals surface area contributed by atoms with Crippen molar-refractivity contribution in [3.05, 3.63) is 29.1 Å². The first kappa shape index (κ1) is 11.9. The zero-order valence-corrected chi connectivity index (χ0v) is 9.26. The molecule has 0 radical (unpaired) electrons. The van der Waals surface area contributed by atoms with Gasteiger partial charge in [-0.1, -0.05) is 0 Å². The van der Waals surface area contributed by atoms with E-state index in [1.807, 2.05) is 6.07 Å². The second kappa shape index (κ2) is 5.68. The lowest BCUT2D eigenvalue weighted by molar-refractivity contribution is 0.184. The molecule has 1 rings (SSSR count). The first-order valence-corrected chi connectivity index (χ1v) is 4.71. The number of halogens is 1. The van der Waals surface area contributed by atoms with Gasteiger partial charge in [-0.15, -0.1) is 0 Å². The van der Waals surface area contributed by atoms with Crippen LogP contribution in [0.3, 0.4) is 0 Å². The SMILES string of the molecule is CNCc1cc(COC)cc(F)c1OC. The summed E-state index contributed by atoms with van der Waals surface area (Å²) in [5.41, 5.74) is 1.60. The van der Waals surface area contributed by atoms with Crippen LogP contribution in [0.2, 0.25) is 0 Å². The predicted molar refractivity (Wildman–Crippen MR) is 56.4 cm³/mol. The van der Waals surface area contributed by atoms with Crippen molar-refractivity contribution in [1.29, 1.82) is 0 Å². The minimum atomic E-state index is -0.350. The summed E-state index contributed by atoms with van der Waals surface area (Å²) in [6.07, 6.45) is 0. The summed E-state index contributed by atoms with van der Waals surface area (Å²) in [5, 5.41) is 2.97. The first-order valence-electron chi connectivity index (χ1n) is 4.71. The number of hydrogen-bond donors (Lipinski definition) is 1. The normalized spacial score (nSPS) is 10.4. The number of ether oxygens (including phenoxy) is 2. The summed E-state index contributed by atoms with van der Waals surface area (Å²) < 4.78 is 23.5.